The molecule has 0 aliphatic heterocycles. The lowest BCUT2D eigenvalue weighted by atomic mass is 9.97. The highest BCUT2D eigenvalue weighted by atomic mass is 32.1. The molecule has 0 aliphatic rings. The third kappa shape index (κ3) is 5.98. The van der Waals surface area contributed by atoms with E-state index in [1.54, 1.807) is 18.4 Å². The molecule has 4 rings (SSSR count). The number of methoxy groups -OCH3 is 1. The fourth-order valence-corrected chi connectivity index (χ4v) is 5.27. The quantitative estimate of drug-likeness (QED) is 0.125. The van der Waals surface area contributed by atoms with Crippen LogP contribution in [0.1, 0.15) is 54.9 Å². The lowest BCUT2D eigenvalue weighted by molar-refractivity contribution is 0.104. The zero-order chi connectivity index (χ0) is 24.6. The zero-order valence-electron chi connectivity index (χ0n) is 20.3. The van der Waals surface area contributed by atoms with E-state index in [9.17, 15) is 4.79 Å². The number of thiophene rings is 1. The lowest BCUT2D eigenvalue weighted by Gasteiger charge is -2.09. The van der Waals surface area contributed by atoms with Crippen molar-refractivity contribution in [2.45, 2.75) is 39.0 Å². The Morgan fingerprint density at radius 1 is 0.886 bits per heavy atom. The molecular weight excluding hydrogens is 454 g/mol. The third-order valence-electron chi connectivity index (χ3n) is 6.05. The van der Waals surface area contributed by atoms with Crippen LogP contribution in [0.15, 0.2) is 72.8 Å². The van der Waals surface area contributed by atoms with Crippen LogP contribution >= 0.6 is 11.3 Å². The molecule has 4 aromatic rings. The van der Waals surface area contributed by atoms with Crippen LogP contribution in [0.3, 0.4) is 0 Å². The number of hydrogen-bond acceptors (Lipinski definition) is 5. The Kier molecular flexibility index (Phi) is 8.32. The Morgan fingerprint density at radius 2 is 1.60 bits per heavy atom. The Labute approximate surface area is 211 Å². The van der Waals surface area contributed by atoms with Gasteiger partial charge in [-0.15, -0.1) is 11.3 Å². The van der Waals surface area contributed by atoms with Crippen LogP contribution in [0.25, 0.3) is 20.5 Å². The van der Waals surface area contributed by atoms with Crippen LogP contribution in [0.4, 0.5) is 0 Å². The number of fused-ring (bicyclic) bond motifs is 1. The van der Waals surface area contributed by atoms with Crippen LogP contribution in [0, 0.1) is 5.41 Å². The van der Waals surface area contributed by atoms with Gasteiger partial charge < -0.3 is 14.9 Å². The predicted molar refractivity (Wildman–Crippen MR) is 146 cm³/mol. The highest BCUT2D eigenvalue weighted by Gasteiger charge is 2.21. The largest absolute Gasteiger partial charge is 0.497 e. The monoisotopic (exact) mass is 485 g/mol. The number of ketones is 1. The van der Waals surface area contributed by atoms with Crippen LogP contribution in [-0.4, -0.2) is 25.2 Å². The predicted octanol–water partition coefficient (Wildman–Crippen LogP) is 8.18. The maximum atomic E-state index is 13.7. The first-order valence-corrected chi connectivity index (χ1v) is 12.9. The van der Waals surface area contributed by atoms with Gasteiger partial charge in [0.25, 0.3) is 0 Å². The fourth-order valence-electron chi connectivity index (χ4n) is 4.07. The van der Waals surface area contributed by atoms with Crippen molar-refractivity contribution in [3.63, 3.8) is 0 Å². The van der Waals surface area contributed by atoms with Crippen molar-refractivity contribution >= 4 is 32.9 Å². The molecule has 1 N–H and O–H groups in total. The van der Waals surface area contributed by atoms with Crippen molar-refractivity contribution in [2.75, 3.05) is 13.7 Å². The molecule has 0 amide bonds. The van der Waals surface area contributed by atoms with Gasteiger partial charge in [0.05, 0.1) is 13.7 Å². The van der Waals surface area contributed by atoms with Crippen LogP contribution in [0.2, 0.25) is 0 Å². The van der Waals surface area contributed by atoms with E-state index in [4.69, 9.17) is 14.9 Å². The maximum absolute atomic E-state index is 13.7. The number of ether oxygens (including phenoxy) is 2. The summed E-state index contributed by atoms with van der Waals surface area (Å²) in [5, 5.41) is 9.02. The van der Waals surface area contributed by atoms with E-state index in [-0.39, 0.29) is 5.78 Å². The average Bonchev–Trinajstić information content (AvgIpc) is 3.28. The van der Waals surface area contributed by atoms with Crippen molar-refractivity contribution in [1.82, 2.24) is 0 Å². The van der Waals surface area contributed by atoms with Gasteiger partial charge in [-0.3, -0.25) is 4.79 Å². The van der Waals surface area contributed by atoms with E-state index in [0.29, 0.717) is 24.3 Å². The molecule has 1 aromatic heterocycles. The number of rotatable bonds is 12. The summed E-state index contributed by atoms with van der Waals surface area (Å²) in [7, 11) is 1.65. The average molecular weight is 486 g/mol. The van der Waals surface area contributed by atoms with E-state index < -0.39 is 0 Å². The zero-order valence-corrected chi connectivity index (χ0v) is 21.1. The number of carbonyl (C=O) groups is 1. The maximum Gasteiger partial charge on any atom is 0.195 e. The summed E-state index contributed by atoms with van der Waals surface area (Å²) in [6, 6.07) is 23.2. The highest BCUT2D eigenvalue weighted by molar-refractivity contribution is 7.22. The second-order valence-electron chi connectivity index (χ2n) is 8.54. The normalized spacial score (nSPS) is 10.9. The van der Waals surface area contributed by atoms with Crippen molar-refractivity contribution in [2.24, 2.45) is 0 Å². The number of unbranched alkanes of at least 4 members (excludes halogenated alkanes) is 2. The van der Waals surface area contributed by atoms with Crippen LogP contribution in [0.5, 0.6) is 11.5 Å². The van der Waals surface area contributed by atoms with Gasteiger partial charge in [-0.1, -0.05) is 38.0 Å². The van der Waals surface area contributed by atoms with Gasteiger partial charge in [-0.2, -0.15) is 0 Å². The summed E-state index contributed by atoms with van der Waals surface area (Å²) in [6.07, 6.45) is 4.88. The van der Waals surface area contributed by atoms with Gasteiger partial charge in [0.1, 0.15) is 11.5 Å². The number of benzene rings is 3. The summed E-state index contributed by atoms with van der Waals surface area (Å²) >= 11 is 1.63. The second kappa shape index (κ2) is 11.8. The summed E-state index contributed by atoms with van der Waals surface area (Å²) in [5.41, 5.74) is 3.09. The van der Waals surface area contributed by atoms with E-state index in [0.717, 1.165) is 56.8 Å². The first kappa shape index (κ1) is 24.7. The molecule has 0 saturated heterocycles. The number of carbonyl (C=O) groups excluding carboxylic acids is 1. The molecule has 0 unspecified atom stereocenters. The standard InChI is InChI=1S/C30H31NO3S/c1-3-4-5-8-23(31)19-20-34-25-17-11-21(12-18-25)29(32)28-26-9-6-7-10-27(26)35-30(28)22-13-15-24(33-2)16-14-22/h6-7,9-18,31H,3-5,8,19-20H2,1-2H3. The summed E-state index contributed by atoms with van der Waals surface area (Å²) < 4.78 is 12.2. The van der Waals surface area contributed by atoms with Gasteiger partial charge >= 0.3 is 0 Å². The smallest absolute Gasteiger partial charge is 0.195 e. The molecule has 0 fully saturated rings. The first-order valence-electron chi connectivity index (χ1n) is 12.1. The minimum atomic E-state index is -0.00230. The molecule has 1 heterocycles. The van der Waals surface area contributed by atoms with Crippen molar-refractivity contribution in [1.29, 1.82) is 5.41 Å². The summed E-state index contributed by atoms with van der Waals surface area (Å²) in [6.45, 7) is 2.65. The molecule has 0 aliphatic carbocycles. The highest BCUT2D eigenvalue weighted by Crippen LogP contribution is 2.40. The SMILES string of the molecule is CCCCCC(=N)CCOc1ccc(C(=O)c2c(-c3ccc(OC)cc3)sc3ccccc23)cc1. The Morgan fingerprint density at radius 3 is 2.31 bits per heavy atom. The number of hydrogen-bond donors (Lipinski definition) is 1. The molecule has 0 radical (unpaired) electrons. The molecule has 3 aromatic carbocycles. The topological polar surface area (TPSA) is 59.4 Å². The van der Waals surface area contributed by atoms with Gasteiger partial charge in [-0.05, 0) is 73.0 Å². The fraction of sp³-hybridized carbons (Fsp3) is 0.267. The van der Waals surface area contributed by atoms with Crippen molar-refractivity contribution < 1.29 is 14.3 Å². The molecule has 180 valence electrons. The molecule has 4 nitrogen and oxygen atoms in total. The molecule has 0 saturated carbocycles. The lowest BCUT2D eigenvalue weighted by Crippen LogP contribution is -2.06. The minimum Gasteiger partial charge on any atom is -0.497 e. The summed E-state index contributed by atoms with van der Waals surface area (Å²) in [5.74, 6) is 1.50. The third-order valence-corrected chi connectivity index (χ3v) is 7.27. The van der Waals surface area contributed by atoms with Crippen LogP contribution < -0.4 is 9.47 Å². The van der Waals surface area contributed by atoms with E-state index in [2.05, 4.69) is 13.0 Å². The van der Waals surface area contributed by atoms with Gasteiger partial charge in [-0.25, -0.2) is 0 Å². The van der Waals surface area contributed by atoms with Gasteiger partial charge in [0, 0.05) is 38.2 Å². The molecule has 35 heavy (non-hydrogen) atoms. The van der Waals surface area contributed by atoms with E-state index in [1.165, 1.54) is 6.42 Å². The minimum absolute atomic E-state index is 0.00230. The Bertz CT molecular complexity index is 1290. The van der Waals surface area contributed by atoms with E-state index in [1.807, 2.05) is 66.7 Å². The molecule has 0 atom stereocenters. The summed E-state index contributed by atoms with van der Waals surface area (Å²) in [4.78, 5) is 14.7. The number of nitrogens with one attached hydrogen (secondary N) is 1. The van der Waals surface area contributed by atoms with E-state index >= 15 is 0 Å². The molecular formula is C30H31NO3S. The second-order valence-corrected chi connectivity index (χ2v) is 9.60. The first-order chi connectivity index (χ1) is 17.1. The Hall–Kier alpha value is -3.44. The molecule has 0 bridgehead atoms. The van der Waals surface area contributed by atoms with Crippen molar-refractivity contribution in [3.05, 3.63) is 83.9 Å². The van der Waals surface area contributed by atoms with Gasteiger partial charge in [0.15, 0.2) is 5.78 Å². The van der Waals surface area contributed by atoms with Crippen molar-refractivity contribution in [3.8, 4) is 21.9 Å². The van der Waals surface area contributed by atoms with Gasteiger partial charge in [0.2, 0.25) is 0 Å². The molecule has 5 heteroatoms. The Balaban J connectivity index is 1.51. The van der Waals surface area contributed by atoms with Crippen LogP contribution in [-0.2, 0) is 0 Å². The molecule has 0 spiro atoms.